The maximum atomic E-state index is 6.00. The van der Waals surface area contributed by atoms with Crippen LogP contribution in [0.2, 0.25) is 0 Å². The summed E-state index contributed by atoms with van der Waals surface area (Å²) in [4.78, 5) is 6.83. The van der Waals surface area contributed by atoms with Gasteiger partial charge < -0.3 is 10.6 Å². The monoisotopic (exact) mass is 235 g/mol. The third-order valence-corrected chi connectivity index (χ3v) is 3.22. The first-order valence-corrected chi connectivity index (χ1v) is 6.55. The maximum absolute atomic E-state index is 6.00. The van der Waals surface area contributed by atoms with Crippen LogP contribution in [0.5, 0.6) is 0 Å². The number of nitrogens with zero attached hydrogens (tertiary/aromatic N) is 2. The highest BCUT2D eigenvalue weighted by Gasteiger charge is 2.15. The molecule has 2 unspecified atom stereocenters. The van der Waals surface area contributed by atoms with Crippen molar-refractivity contribution in [2.45, 2.75) is 40.2 Å². The van der Waals surface area contributed by atoms with Gasteiger partial charge >= 0.3 is 0 Å². The molecule has 0 radical (unpaired) electrons. The first-order chi connectivity index (χ1) is 8.10. The molecule has 2 atom stereocenters. The molecule has 0 bridgehead atoms. The zero-order valence-corrected chi connectivity index (χ0v) is 11.5. The number of hydrogen-bond donors (Lipinski definition) is 1. The SMILES string of the molecule is CCC(C)CN(CC)c1ncccc1C(C)N. The van der Waals surface area contributed by atoms with E-state index < -0.39 is 0 Å². The molecule has 0 saturated carbocycles. The standard InChI is InChI=1S/C14H25N3/c1-5-11(3)10-17(6-2)14-13(12(4)15)8-7-9-16-14/h7-9,11-12H,5-6,10,15H2,1-4H3. The molecule has 96 valence electrons. The molecule has 0 aliphatic carbocycles. The summed E-state index contributed by atoms with van der Waals surface area (Å²) in [7, 11) is 0. The van der Waals surface area contributed by atoms with Crippen LogP contribution in [-0.2, 0) is 0 Å². The lowest BCUT2D eigenvalue weighted by Gasteiger charge is -2.27. The minimum absolute atomic E-state index is 0.0321. The lowest BCUT2D eigenvalue weighted by atomic mass is 10.1. The van der Waals surface area contributed by atoms with Crippen molar-refractivity contribution >= 4 is 5.82 Å². The van der Waals surface area contributed by atoms with Gasteiger partial charge in [-0.1, -0.05) is 26.3 Å². The van der Waals surface area contributed by atoms with E-state index in [1.807, 2.05) is 19.2 Å². The molecule has 3 heteroatoms. The Morgan fingerprint density at radius 2 is 2.06 bits per heavy atom. The molecular weight excluding hydrogens is 210 g/mol. The van der Waals surface area contributed by atoms with Crippen LogP contribution in [-0.4, -0.2) is 18.1 Å². The van der Waals surface area contributed by atoms with Gasteiger partial charge in [-0.25, -0.2) is 4.98 Å². The van der Waals surface area contributed by atoms with E-state index in [1.54, 1.807) is 0 Å². The minimum Gasteiger partial charge on any atom is -0.356 e. The predicted molar refractivity (Wildman–Crippen MR) is 74.2 cm³/mol. The highest BCUT2D eigenvalue weighted by molar-refractivity contribution is 5.48. The second-order valence-electron chi connectivity index (χ2n) is 4.76. The molecular formula is C14H25N3. The predicted octanol–water partition coefficient (Wildman–Crippen LogP) is 2.97. The molecule has 0 aliphatic rings. The van der Waals surface area contributed by atoms with E-state index >= 15 is 0 Å². The number of nitrogens with two attached hydrogens (primary N) is 1. The van der Waals surface area contributed by atoms with Crippen LogP contribution in [0.15, 0.2) is 18.3 Å². The number of anilines is 1. The van der Waals surface area contributed by atoms with Gasteiger partial charge in [0.05, 0.1) is 0 Å². The van der Waals surface area contributed by atoms with E-state index in [2.05, 4.69) is 36.7 Å². The lowest BCUT2D eigenvalue weighted by molar-refractivity contribution is 0.543. The van der Waals surface area contributed by atoms with E-state index in [0.717, 1.165) is 24.5 Å². The molecule has 1 heterocycles. The third-order valence-electron chi connectivity index (χ3n) is 3.22. The van der Waals surface area contributed by atoms with Gasteiger partial charge in [0.1, 0.15) is 5.82 Å². The summed E-state index contributed by atoms with van der Waals surface area (Å²) in [6.45, 7) is 10.7. The summed E-state index contributed by atoms with van der Waals surface area (Å²) in [5.74, 6) is 1.73. The van der Waals surface area contributed by atoms with Crippen molar-refractivity contribution < 1.29 is 0 Å². The van der Waals surface area contributed by atoms with Crippen LogP contribution in [0.4, 0.5) is 5.82 Å². The summed E-state index contributed by atoms with van der Waals surface area (Å²) < 4.78 is 0. The van der Waals surface area contributed by atoms with Gasteiger partial charge in [0.15, 0.2) is 0 Å². The van der Waals surface area contributed by atoms with Gasteiger partial charge in [-0.05, 0) is 25.8 Å². The first kappa shape index (κ1) is 14.0. The average molecular weight is 235 g/mol. The van der Waals surface area contributed by atoms with Crippen molar-refractivity contribution in [1.82, 2.24) is 4.98 Å². The van der Waals surface area contributed by atoms with Crippen LogP contribution >= 0.6 is 0 Å². The van der Waals surface area contributed by atoms with Crippen LogP contribution in [0, 0.1) is 5.92 Å². The molecule has 0 spiro atoms. The highest BCUT2D eigenvalue weighted by Crippen LogP contribution is 2.23. The van der Waals surface area contributed by atoms with E-state index in [1.165, 1.54) is 6.42 Å². The fourth-order valence-corrected chi connectivity index (χ4v) is 1.90. The maximum Gasteiger partial charge on any atom is 0.133 e. The van der Waals surface area contributed by atoms with Crippen LogP contribution in [0.1, 0.15) is 45.7 Å². The molecule has 1 rings (SSSR count). The molecule has 0 amide bonds. The van der Waals surface area contributed by atoms with Crippen LogP contribution < -0.4 is 10.6 Å². The Hall–Kier alpha value is -1.09. The highest BCUT2D eigenvalue weighted by atomic mass is 15.2. The van der Waals surface area contributed by atoms with Gasteiger partial charge in [-0.15, -0.1) is 0 Å². The fraction of sp³-hybridized carbons (Fsp3) is 0.643. The van der Waals surface area contributed by atoms with Crippen molar-refractivity contribution in [1.29, 1.82) is 0 Å². The topological polar surface area (TPSA) is 42.2 Å². The summed E-state index contributed by atoms with van der Waals surface area (Å²) in [6.07, 6.45) is 3.04. The largest absolute Gasteiger partial charge is 0.356 e. The van der Waals surface area contributed by atoms with Crippen molar-refractivity contribution in [2.24, 2.45) is 11.7 Å². The average Bonchev–Trinajstić information content (AvgIpc) is 2.35. The second-order valence-corrected chi connectivity index (χ2v) is 4.76. The first-order valence-electron chi connectivity index (χ1n) is 6.55. The second kappa shape index (κ2) is 6.60. The Bertz CT molecular complexity index is 336. The summed E-state index contributed by atoms with van der Waals surface area (Å²) in [6, 6.07) is 4.07. The number of pyridine rings is 1. The zero-order chi connectivity index (χ0) is 12.8. The van der Waals surface area contributed by atoms with Crippen LogP contribution in [0.25, 0.3) is 0 Å². The molecule has 0 aromatic carbocycles. The van der Waals surface area contributed by atoms with Crippen molar-refractivity contribution in [3.8, 4) is 0 Å². The van der Waals surface area contributed by atoms with E-state index in [-0.39, 0.29) is 6.04 Å². The van der Waals surface area contributed by atoms with Gasteiger partial charge in [0, 0.05) is 30.9 Å². The molecule has 0 fully saturated rings. The molecule has 0 aliphatic heterocycles. The molecule has 3 nitrogen and oxygen atoms in total. The third kappa shape index (κ3) is 3.70. The Morgan fingerprint density at radius 3 is 2.59 bits per heavy atom. The summed E-state index contributed by atoms with van der Waals surface area (Å²) in [5.41, 5.74) is 7.14. The quantitative estimate of drug-likeness (QED) is 0.824. The molecule has 1 aromatic rings. The minimum atomic E-state index is 0.0321. The van der Waals surface area contributed by atoms with Crippen molar-refractivity contribution in [3.05, 3.63) is 23.9 Å². The van der Waals surface area contributed by atoms with Crippen molar-refractivity contribution in [2.75, 3.05) is 18.0 Å². The van der Waals surface area contributed by atoms with Gasteiger partial charge in [0.2, 0.25) is 0 Å². The Morgan fingerprint density at radius 1 is 1.35 bits per heavy atom. The normalized spacial score (nSPS) is 14.4. The lowest BCUT2D eigenvalue weighted by Crippen LogP contribution is -2.30. The summed E-state index contributed by atoms with van der Waals surface area (Å²) >= 11 is 0. The van der Waals surface area contributed by atoms with E-state index in [9.17, 15) is 0 Å². The fourth-order valence-electron chi connectivity index (χ4n) is 1.90. The van der Waals surface area contributed by atoms with Crippen LogP contribution in [0.3, 0.4) is 0 Å². The molecule has 17 heavy (non-hydrogen) atoms. The molecule has 2 N–H and O–H groups in total. The van der Waals surface area contributed by atoms with E-state index in [0.29, 0.717) is 5.92 Å². The Balaban J connectivity index is 2.94. The Labute approximate surface area is 105 Å². The van der Waals surface area contributed by atoms with Gasteiger partial charge in [-0.3, -0.25) is 0 Å². The molecule has 0 saturated heterocycles. The smallest absolute Gasteiger partial charge is 0.133 e. The van der Waals surface area contributed by atoms with Crippen molar-refractivity contribution in [3.63, 3.8) is 0 Å². The van der Waals surface area contributed by atoms with Gasteiger partial charge in [0.25, 0.3) is 0 Å². The molecule has 1 aromatic heterocycles. The number of rotatable bonds is 6. The number of hydrogen-bond acceptors (Lipinski definition) is 3. The summed E-state index contributed by atoms with van der Waals surface area (Å²) in [5, 5.41) is 0. The number of aromatic nitrogens is 1. The Kier molecular flexibility index (Phi) is 5.42. The zero-order valence-electron chi connectivity index (χ0n) is 11.5. The van der Waals surface area contributed by atoms with E-state index in [4.69, 9.17) is 5.73 Å². The van der Waals surface area contributed by atoms with Gasteiger partial charge in [-0.2, -0.15) is 0 Å².